The lowest BCUT2D eigenvalue weighted by atomic mass is 10.1. The molecule has 0 saturated carbocycles. The van der Waals surface area contributed by atoms with Crippen LogP contribution in [0.15, 0.2) is 60.7 Å². The summed E-state index contributed by atoms with van der Waals surface area (Å²) in [7, 11) is 0. The Bertz CT molecular complexity index is 964. The lowest BCUT2D eigenvalue weighted by Crippen LogP contribution is -3.00. The van der Waals surface area contributed by atoms with Gasteiger partial charge >= 0.3 is 0 Å². The molecule has 0 unspecified atom stereocenters. The topological polar surface area (TPSA) is 39.7 Å². The Morgan fingerprint density at radius 2 is 1.52 bits per heavy atom. The van der Waals surface area contributed by atoms with E-state index < -0.39 is 0 Å². The van der Waals surface area contributed by atoms with E-state index in [2.05, 4.69) is 5.32 Å². The van der Waals surface area contributed by atoms with E-state index in [1.54, 1.807) is 0 Å². The molecule has 1 N–H and O–H groups in total. The molecule has 0 amide bonds. The first-order chi connectivity index (χ1) is 13.7. The Morgan fingerprint density at radius 3 is 2.34 bits per heavy atom. The van der Waals surface area contributed by atoms with Gasteiger partial charge in [-0.2, -0.15) is 0 Å². The third kappa shape index (κ3) is 5.71. The molecule has 0 saturated heterocycles. The predicted octanol–water partition coefficient (Wildman–Crippen LogP) is 2.59. The minimum absolute atomic E-state index is 0. The summed E-state index contributed by atoms with van der Waals surface area (Å²) in [5.41, 5.74) is 3.18. The van der Waals surface area contributed by atoms with Crippen molar-refractivity contribution >= 4 is 23.2 Å². The molecule has 0 bridgehead atoms. The van der Waals surface area contributed by atoms with Crippen LogP contribution in [0.1, 0.15) is 16.7 Å². The Balaban J connectivity index is 0.00000240. The van der Waals surface area contributed by atoms with E-state index in [0.717, 1.165) is 33.9 Å². The number of halogens is 3. The van der Waals surface area contributed by atoms with Crippen LogP contribution in [-0.2, 0) is 19.7 Å². The molecule has 0 spiro atoms. The molecule has 7 heteroatoms. The van der Waals surface area contributed by atoms with Gasteiger partial charge in [0.1, 0.15) is 12.4 Å². The van der Waals surface area contributed by atoms with Crippen molar-refractivity contribution in [3.8, 4) is 17.2 Å². The van der Waals surface area contributed by atoms with Crippen LogP contribution >= 0.6 is 23.2 Å². The number of hydrogen-bond acceptors (Lipinski definition) is 4. The molecular formula is C22H19Cl3NO3-. The van der Waals surface area contributed by atoms with Crippen molar-refractivity contribution < 1.29 is 26.6 Å². The summed E-state index contributed by atoms with van der Waals surface area (Å²) < 4.78 is 16.8. The van der Waals surface area contributed by atoms with E-state index in [1.807, 2.05) is 60.7 Å². The van der Waals surface area contributed by atoms with E-state index in [1.165, 1.54) is 0 Å². The van der Waals surface area contributed by atoms with Crippen molar-refractivity contribution in [3.63, 3.8) is 0 Å². The minimum atomic E-state index is 0. The third-order valence-electron chi connectivity index (χ3n) is 4.41. The Morgan fingerprint density at radius 1 is 0.793 bits per heavy atom. The lowest BCUT2D eigenvalue weighted by Gasteiger charge is -2.13. The van der Waals surface area contributed by atoms with Crippen LogP contribution in [0.5, 0.6) is 17.2 Å². The zero-order chi connectivity index (χ0) is 19.3. The molecule has 3 aromatic carbocycles. The fourth-order valence-corrected chi connectivity index (χ4v) is 3.28. The molecule has 1 heterocycles. The van der Waals surface area contributed by atoms with Gasteiger partial charge in [-0.1, -0.05) is 41.4 Å². The maximum atomic E-state index is 6.18. The highest BCUT2D eigenvalue weighted by Crippen LogP contribution is 2.32. The molecule has 4 nitrogen and oxygen atoms in total. The summed E-state index contributed by atoms with van der Waals surface area (Å²) >= 11 is 12.1. The van der Waals surface area contributed by atoms with E-state index >= 15 is 0 Å². The third-order valence-corrected chi connectivity index (χ3v) is 4.90. The van der Waals surface area contributed by atoms with Gasteiger partial charge in [0.25, 0.3) is 0 Å². The largest absolute Gasteiger partial charge is 1.00 e. The SMILES string of the molecule is Clc1ccc(COc2ccc(Cl)cc2CNCc2ccc3c(c2)OCO3)cc1.[Cl-]. The van der Waals surface area contributed by atoms with Crippen LogP contribution in [0.25, 0.3) is 0 Å². The second kappa shape index (κ2) is 10.1. The van der Waals surface area contributed by atoms with Crippen LogP contribution in [0.3, 0.4) is 0 Å². The molecule has 1 aliphatic rings. The first kappa shape index (κ1) is 21.6. The quantitative estimate of drug-likeness (QED) is 0.599. The normalized spacial score (nSPS) is 11.8. The second-order valence-electron chi connectivity index (χ2n) is 6.46. The molecule has 4 rings (SSSR count). The maximum Gasteiger partial charge on any atom is 0.231 e. The highest BCUT2D eigenvalue weighted by Gasteiger charge is 2.13. The average molecular weight is 452 g/mol. The van der Waals surface area contributed by atoms with Crippen molar-refractivity contribution in [2.24, 2.45) is 0 Å². The standard InChI is InChI=1S/C22H19Cl2NO3.ClH/c23-18-4-1-15(2-5-18)13-26-20-8-6-19(24)10-17(20)12-25-11-16-3-7-21-22(9-16)28-14-27-21;/h1-10,25H,11-14H2;1H/p-1. The van der Waals surface area contributed by atoms with Gasteiger partial charge in [-0.3, -0.25) is 0 Å². The number of ether oxygens (including phenoxy) is 3. The molecule has 0 fully saturated rings. The average Bonchev–Trinajstić information content (AvgIpc) is 3.16. The first-order valence-electron chi connectivity index (χ1n) is 8.92. The molecule has 0 radical (unpaired) electrons. The van der Waals surface area contributed by atoms with Crippen molar-refractivity contribution in [2.45, 2.75) is 19.7 Å². The zero-order valence-corrected chi connectivity index (χ0v) is 17.7. The number of fused-ring (bicyclic) bond motifs is 1. The highest BCUT2D eigenvalue weighted by molar-refractivity contribution is 6.30. The van der Waals surface area contributed by atoms with Gasteiger partial charge in [0.2, 0.25) is 6.79 Å². The Kier molecular flexibility index (Phi) is 7.51. The first-order valence-corrected chi connectivity index (χ1v) is 9.68. The molecular weight excluding hydrogens is 433 g/mol. The van der Waals surface area contributed by atoms with Crippen molar-refractivity contribution in [1.29, 1.82) is 0 Å². The van der Waals surface area contributed by atoms with Crippen molar-refractivity contribution in [2.75, 3.05) is 6.79 Å². The molecule has 0 aromatic heterocycles. The van der Waals surface area contributed by atoms with Gasteiger partial charge in [0.15, 0.2) is 11.5 Å². The molecule has 152 valence electrons. The summed E-state index contributed by atoms with van der Waals surface area (Å²) in [6.45, 7) is 2.07. The smallest absolute Gasteiger partial charge is 0.231 e. The van der Waals surface area contributed by atoms with Gasteiger partial charge in [0.05, 0.1) is 0 Å². The fraction of sp³-hybridized carbons (Fsp3) is 0.182. The van der Waals surface area contributed by atoms with Crippen LogP contribution in [0, 0.1) is 0 Å². The van der Waals surface area contributed by atoms with E-state index in [9.17, 15) is 0 Å². The molecule has 0 atom stereocenters. The summed E-state index contributed by atoms with van der Waals surface area (Å²) in [4.78, 5) is 0. The maximum absolute atomic E-state index is 6.18. The summed E-state index contributed by atoms with van der Waals surface area (Å²) in [6, 6.07) is 19.2. The van der Waals surface area contributed by atoms with Crippen molar-refractivity contribution in [1.82, 2.24) is 5.32 Å². The predicted molar refractivity (Wildman–Crippen MR) is 110 cm³/mol. The van der Waals surface area contributed by atoms with Gasteiger partial charge < -0.3 is 31.9 Å². The number of benzene rings is 3. The summed E-state index contributed by atoms with van der Waals surface area (Å²) in [6.07, 6.45) is 0. The number of rotatable bonds is 7. The van der Waals surface area contributed by atoms with Gasteiger partial charge in [0, 0.05) is 28.7 Å². The molecule has 0 aliphatic carbocycles. The van der Waals surface area contributed by atoms with Gasteiger partial charge in [-0.25, -0.2) is 0 Å². The van der Waals surface area contributed by atoms with Crippen LogP contribution in [0.4, 0.5) is 0 Å². The molecule has 1 aliphatic heterocycles. The fourth-order valence-electron chi connectivity index (χ4n) is 2.96. The zero-order valence-electron chi connectivity index (χ0n) is 15.5. The Labute approximate surface area is 186 Å². The van der Waals surface area contributed by atoms with Crippen LogP contribution in [-0.4, -0.2) is 6.79 Å². The van der Waals surface area contributed by atoms with E-state index in [4.69, 9.17) is 37.4 Å². The number of nitrogens with one attached hydrogen (secondary N) is 1. The summed E-state index contributed by atoms with van der Waals surface area (Å²) in [5.74, 6) is 2.38. The molecule has 3 aromatic rings. The lowest BCUT2D eigenvalue weighted by molar-refractivity contribution is -0.00000730. The van der Waals surface area contributed by atoms with E-state index in [0.29, 0.717) is 29.7 Å². The summed E-state index contributed by atoms with van der Waals surface area (Å²) in [5, 5.41) is 4.82. The van der Waals surface area contributed by atoms with E-state index in [-0.39, 0.29) is 19.2 Å². The highest BCUT2D eigenvalue weighted by atomic mass is 35.5. The Hall–Kier alpha value is -2.11. The van der Waals surface area contributed by atoms with Crippen molar-refractivity contribution in [3.05, 3.63) is 87.4 Å². The monoisotopic (exact) mass is 450 g/mol. The van der Waals surface area contributed by atoms with Gasteiger partial charge in [-0.05, 0) is 53.6 Å². The van der Waals surface area contributed by atoms with Gasteiger partial charge in [-0.15, -0.1) is 0 Å². The minimum Gasteiger partial charge on any atom is -1.00 e. The van der Waals surface area contributed by atoms with Crippen LogP contribution < -0.4 is 31.9 Å². The van der Waals surface area contributed by atoms with Crippen LogP contribution in [0.2, 0.25) is 10.0 Å². The second-order valence-corrected chi connectivity index (χ2v) is 7.33. The molecule has 29 heavy (non-hydrogen) atoms. The number of hydrogen-bond donors (Lipinski definition) is 1.